The van der Waals surface area contributed by atoms with Crippen LogP contribution in [-0.2, 0) is 14.8 Å². The number of ether oxygens (including phenoxy) is 1. The van der Waals surface area contributed by atoms with Crippen molar-refractivity contribution in [2.45, 2.75) is 37.8 Å². The van der Waals surface area contributed by atoms with Crippen molar-refractivity contribution in [1.29, 1.82) is 0 Å². The summed E-state index contributed by atoms with van der Waals surface area (Å²) in [6.07, 6.45) is 3.92. The Morgan fingerprint density at radius 3 is 2.56 bits per heavy atom. The molecule has 0 aromatic heterocycles. The molecule has 2 saturated heterocycles. The summed E-state index contributed by atoms with van der Waals surface area (Å²) in [6.45, 7) is 3.09. The van der Waals surface area contributed by atoms with Gasteiger partial charge in [0, 0.05) is 25.2 Å². The van der Waals surface area contributed by atoms with E-state index < -0.39 is 10.0 Å². The maximum Gasteiger partial charge on any atom is 0.215 e. The second-order valence-corrected chi connectivity index (χ2v) is 7.63. The van der Waals surface area contributed by atoms with Gasteiger partial charge < -0.3 is 10.1 Å². The standard InChI is InChI=1S/C12H22N2O3S/c15-18(16,9-10-4-6-17-8-10)14(11-1-2-11)12-3-5-13-7-12/h10-13H,1-9H2. The lowest BCUT2D eigenvalue weighted by Crippen LogP contribution is -2.45. The second kappa shape index (κ2) is 5.07. The molecule has 6 heteroatoms. The molecular weight excluding hydrogens is 252 g/mol. The molecule has 1 saturated carbocycles. The van der Waals surface area contributed by atoms with Crippen LogP contribution in [0.4, 0.5) is 0 Å². The van der Waals surface area contributed by atoms with Crippen LogP contribution in [0.25, 0.3) is 0 Å². The van der Waals surface area contributed by atoms with Crippen molar-refractivity contribution in [3.05, 3.63) is 0 Å². The summed E-state index contributed by atoms with van der Waals surface area (Å²) < 4.78 is 32.3. The van der Waals surface area contributed by atoms with Crippen molar-refractivity contribution < 1.29 is 13.2 Å². The Hall–Kier alpha value is -0.170. The molecule has 0 spiro atoms. The molecule has 1 aliphatic carbocycles. The van der Waals surface area contributed by atoms with Gasteiger partial charge in [0.2, 0.25) is 10.0 Å². The molecule has 0 bridgehead atoms. The summed E-state index contributed by atoms with van der Waals surface area (Å²) in [5.41, 5.74) is 0. The molecular formula is C12H22N2O3S. The Bertz CT molecular complexity index is 382. The maximum absolute atomic E-state index is 12.6. The lowest BCUT2D eigenvalue weighted by molar-refractivity contribution is 0.188. The van der Waals surface area contributed by atoms with E-state index >= 15 is 0 Å². The van der Waals surface area contributed by atoms with Crippen molar-refractivity contribution in [2.75, 3.05) is 32.1 Å². The van der Waals surface area contributed by atoms with Gasteiger partial charge in [-0.2, -0.15) is 4.31 Å². The molecule has 2 atom stereocenters. The predicted molar refractivity (Wildman–Crippen MR) is 68.8 cm³/mol. The second-order valence-electron chi connectivity index (χ2n) is 5.72. The molecule has 3 fully saturated rings. The van der Waals surface area contributed by atoms with Crippen molar-refractivity contribution in [3.63, 3.8) is 0 Å². The third-order valence-electron chi connectivity index (χ3n) is 4.09. The van der Waals surface area contributed by atoms with E-state index in [2.05, 4.69) is 5.32 Å². The van der Waals surface area contributed by atoms with Crippen molar-refractivity contribution in [2.24, 2.45) is 5.92 Å². The molecule has 0 radical (unpaired) electrons. The van der Waals surface area contributed by atoms with Gasteiger partial charge in [0.05, 0.1) is 12.4 Å². The van der Waals surface area contributed by atoms with Crippen LogP contribution in [-0.4, -0.2) is 56.9 Å². The molecule has 1 N–H and O–H groups in total. The number of sulfonamides is 1. The number of nitrogens with zero attached hydrogens (tertiary/aromatic N) is 1. The molecule has 0 aromatic carbocycles. The van der Waals surface area contributed by atoms with E-state index in [1.54, 1.807) is 0 Å². The number of hydrogen-bond acceptors (Lipinski definition) is 4. The third-order valence-corrected chi connectivity index (χ3v) is 6.22. The Labute approximate surface area is 109 Å². The van der Waals surface area contributed by atoms with E-state index in [9.17, 15) is 8.42 Å². The highest BCUT2D eigenvalue weighted by atomic mass is 32.2. The van der Waals surface area contributed by atoms with Gasteiger partial charge in [0.1, 0.15) is 0 Å². The first-order valence-electron chi connectivity index (χ1n) is 6.96. The lowest BCUT2D eigenvalue weighted by atomic mass is 10.2. The van der Waals surface area contributed by atoms with Crippen LogP contribution in [0.2, 0.25) is 0 Å². The first kappa shape index (κ1) is 12.8. The lowest BCUT2D eigenvalue weighted by Gasteiger charge is -2.28. The third kappa shape index (κ3) is 2.71. The largest absolute Gasteiger partial charge is 0.381 e. The van der Waals surface area contributed by atoms with E-state index in [1.165, 1.54) is 0 Å². The minimum Gasteiger partial charge on any atom is -0.381 e. The number of rotatable bonds is 5. The summed E-state index contributed by atoms with van der Waals surface area (Å²) in [6, 6.07) is 0.465. The Balaban J connectivity index is 1.71. The minimum atomic E-state index is -3.11. The summed E-state index contributed by atoms with van der Waals surface area (Å²) in [4.78, 5) is 0. The SMILES string of the molecule is O=S(=O)(CC1CCOC1)N(C1CC1)C1CCNC1. The molecule has 3 rings (SSSR count). The topological polar surface area (TPSA) is 58.6 Å². The number of hydrogen-bond donors (Lipinski definition) is 1. The molecule has 5 nitrogen and oxygen atoms in total. The maximum atomic E-state index is 12.6. The average Bonchev–Trinajstić information content (AvgIpc) is 2.80. The molecule has 2 unspecified atom stereocenters. The quantitative estimate of drug-likeness (QED) is 0.777. The van der Waals surface area contributed by atoms with Gasteiger partial charge in [-0.25, -0.2) is 8.42 Å². The monoisotopic (exact) mass is 274 g/mol. The minimum absolute atomic E-state index is 0.185. The van der Waals surface area contributed by atoms with Crippen molar-refractivity contribution >= 4 is 10.0 Å². The fourth-order valence-corrected chi connectivity index (χ4v) is 5.37. The van der Waals surface area contributed by atoms with Crippen LogP contribution in [0.3, 0.4) is 0 Å². The van der Waals surface area contributed by atoms with E-state index in [4.69, 9.17) is 4.74 Å². The highest BCUT2D eigenvalue weighted by Crippen LogP contribution is 2.34. The molecule has 0 amide bonds. The van der Waals surface area contributed by atoms with Gasteiger partial charge in [-0.15, -0.1) is 0 Å². The van der Waals surface area contributed by atoms with Crippen LogP contribution in [0, 0.1) is 5.92 Å². The Morgan fingerprint density at radius 1 is 1.17 bits per heavy atom. The van der Waals surface area contributed by atoms with Crippen molar-refractivity contribution in [3.8, 4) is 0 Å². The Kier molecular flexibility index (Phi) is 3.62. The summed E-state index contributed by atoms with van der Waals surface area (Å²) >= 11 is 0. The molecule has 3 aliphatic rings. The first-order chi connectivity index (χ1) is 8.67. The summed E-state index contributed by atoms with van der Waals surface area (Å²) in [5, 5.41) is 3.27. The molecule has 0 aromatic rings. The molecule has 104 valence electrons. The normalized spacial score (nSPS) is 33.4. The van der Waals surface area contributed by atoms with Gasteiger partial charge >= 0.3 is 0 Å². The highest BCUT2D eigenvalue weighted by Gasteiger charge is 2.43. The van der Waals surface area contributed by atoms with Gasteiger partial charge in [-0.05, 0) is 38.1 Å². The van der Waals surface area contributed by atoms with Gasteiger partial charge in [-0.3, -0.25) is 0 Å². The summed E-state index contributed by atoms with van der Waals surface area (Å²) in [7, 11) is -3.11. The van der Waals surface area contributed by atoms with Gasteiger partial charge in [0.25, 0.3) is 0 Å². The van der Waals surface area contributed by atoms with Crippen molar-refractivity contribution in [1.82, 2.24) is 9.62 Å². The van der Waals surface area contributed by atoms with Crippen LogP contribution in [0.5, 0.6) is 0 Å². The van der Waals surface area contributed by atoms with Gasteiger partial charge in [0.15, 0.2) is 0 Å². The average molecular weight is 274 g/mol. The zero-order valence-corrected chi connectivity index (χ0v) is 11.5. The van der Waals surface area contributed by atoms with E-state index in [-0.39, 0.29) is 23.8 Å². The molecule has 2 heterocycles. The first-order valence-corrected chi connectivity index (χ1v) is 8.57. The van der Waals surface area contributed by atoms with E-state index in [0.717, 1.165) is 38.8 Å². The van der Waals surface area contributed by atoms with Crippen LogP contribution < -0.4 is 5.32 Å². The Morgan fingerprint density at radius 2 is 2.00 bits per heavy atom. The fraction of sp³-hybridized carbons (Fsp3) is 1.00. The number of nitrogens with one attached hydrogen (secondary N) is 1. The van der Waals surface area contributed by atoms with Crippen LogP contribution in [0.1, 0.15) is 25.7 Å². The zero-order chi connectivity index (χ0) is 12.6. The summed E-state index contributed by atoms with van der Waals surface area (Å²) in [5.74, 6) is 0.477. The predicted octanol–water partition coefficient (Wildman–Crippen LogP) is 0.179. The van der Waals surface area contributed by atoms with Crippen LogP contribution in [0.15, 0.2) is 0 Å². The van der Waals surface area contributed by atoms with E-state index in [0.29, 0.717) is 13.2 Å². The van der Waals surface area contributed by atoms with E-state index in [1.807, 2.05) is 4.31 Å². The van der Waals surface area contributed by atoms with Crippen LogP contribution >= 0.6 is 0 Å². The van der Waals surface area contributed by atoms with Gasteiger partial charge in [-0.1, -0.05) is 0 Å². The fourth-order valence-electron chi connectivity index (χ4n) is 3.04. The highest BCUT2D eigenvalue weighted by molar-refractivity contribution is 7.89. The molecule has 2 aliphatic heterocycles. The zero-order valence-electron chi connectivity index (χ0n) is 10.7. The molecule has 18 heavy (non-hydrogen) atoms. The smallest absolute Gasteiger partial charge is 0.215 e.